The number of ether oxygens (including phenoxy) is 3. The molecule has 2 aromatic rings. The molecule has 2 bridgehead atoms. The Labute approximate surface area is 183 Å². The van der Waals surface area contributed by atoms with E-state index in [4.69, 9.17) is 14.2 Å². The smallest absolute Gasteiger partial charge is 0.410 e. The summed E-state index contributed by atoms with van der Waals surface area (Å²) in [6, 6.07) is 17.2. The second kappa shape index (κ2) is 9.60. The summed E-state index contributed by atoms with van der Waals surface area (Å²) in [6.45, 7) is 0.690. The first-order valence-electron chi connectivity index (χ1n) is 11.0. The first-order valence-corrected chi connectivity index (χ1v) is 11.0. The van der Waals surface area contributed by atoms with Crippen LogP contribution < -0.4 is 9.47 Å². The van der Waals surface area contributed by atoms with Crippen LogP contribution in [0.2, 0.25) is 0 Å². The lowest BCUT2D eigenvalue weighted by atomic mass is 9.74. The van der Waals surface area contributed by atoms with Crippen molar-refractivity contribution in [3.8, 4) is 11.5 Å². The molecule has 0 spiro atoms. The zero-order valence-electron chi connectivity index (χ0n) is 18.0. The number of amides is 1. The van der Waals surface area contributed by atoms with Crippen molar-refractivity contribution < 1.29 is 24.1 Å². The molecule has 0 radical (unpaired) electrons. The van der Waals surface area contributed by atoms with Gasteiger partial charge in [0.2, 0.25) is 0 Å². The van der Waals surface area contributed by atoms with Crippen molar-refractivity contribution >= 4 is 6.09 Å². The Morgan fingerprint density at radius 1 is 1.06 bits per heavy atom. The van der Waals surface area contributed by atoms with E-state index in [9.17, 15) is 9.90 Å². The van der Waals surface area contributed by atoms with Crippen LogP contribution in [-0.2, 0) is 11.3 Å². The highest BCUT2D eigenvalue weighted by Crippen LogP contribution is 2.41. The van der Waals surface area contributed by atoms with Crippen LogP contribution in [-0.4, -0.2) is 47.5 Å². The third-order valence-corrected chi connectivity index (χ3v) is 6.39. The molecular weight excluding hydrogens is 394 g/mol. The Balaban J connectivity index is 1.32. The Morgan fingerprint density at radius 2 is 1.77 bits per heavy atom. The molecule has 2 aromatic carbocycles. The van der Waals surface area contributed by atoms with Crippen LogP contribution in [0, 0.1) is 0 Å². The van der Waals surface area contributed by atoms with Gasteiger partial charge in [0, 0.05) is 24.6 Å². The van der Waals surface area contributed by atoms with Crippen molar-refractivity contribution in [2.45, 2.75) is 62.8 Å². The summed E-state index contributed by atoms with van der Waals surface area (Å²) in [7, 11) is 1.62. The molecule has 2 saturated heterocycles. The molecule has 31 heavy (non-hydrogen) atoms. The number of carbonyl (C=O) groups is 1. The molecule has 4 rings (SSSR count). The van der Waals surface area contributed by atoms with Crippen LogP contribution in [0.1, 0.15) is 44.1 Å². The van der Waals surface area contributed by atoms with Gasteiger partial charge in [0.05, 0.1) is 19.3 Å². The van der Waals surface area contributed by atoms with Gasteiger partial charge in [-0.05, 0) is 49.8 Å². The van der Waals surface area contributed by atoms with Crippen LogP contribution in [0.3, 0.4) is 0 Å². The van der Waals surface area contributed by atoms with Gasteiger partial charge in [-0.1, -0.05) is 36.4 Å². The van der Waals surface area contributed by atoms with Gasteiger partial charge in [0.1, 0.15) is 18.1 Å². The van der Waals surface area contributed by atoms with Gasteiger partial charge in [-0.3, -0.25) is 0 Å². The molecule has 0 saturated carbocycles. The molecule has 166 valence electrons. The average Bonchev–Trinajstić information content (AvgIpc) is 2.77. The van der Waals surface area contributed by atoms with E-state index >= 15 is 0 Å². The molecule has 1 N–H and O–H groups in total. The van der Waals surface area contributed by atoms with E-state index in [-0.39, 0.29) is 24.8 Å². The molecule has 0 aliphatic carbocycles. The van der Waals surface area contributed by atoms with Crippen LogP contribution in [0.25, 0.3) is 0 Å². The maximum Gasteiger partial charge on any atom is 0.410 e. The molecule has 2 fully saturated rings. The van der Waals surface area contributed by atoms with Crippen molar-refractivity contribution in [1.82, 2.24) is 4.90 Å². The minimum Gasteiger partial charge on any atom is -0.497 e. The van der Waals surface area contributed by atoms with E-state index in [1.165, 1.54) is 0 Å². The molecule has 2 unspecified atom stereocenters. The average molecular weight is 426 g/mol. The summed E-state index contributed by atoms with van der Waals surface area (Å²) in [4.78, 5) is 14.7. The fourth-order valence-corrected chi connectivity index (χ4v) is 4.87. The van der Waals surface area contributed by atoms with Crippen molar-refractivity contribution in [3.05, 3.63) is 60.2 Å². The number of rotatable bonds is 7. The lowest BCUT2D eigenvalue weighted by Gasteiger charge is -2.51. The Morgan fingerprint density at radius 3 is 2.48 bits per heavy atom. The normalized spacial score (nSPS) is 25.0. The highest BCUT2D eigenvalue weighted by molar-refractivity contribution is 5.69. The summed E-state index contributed by atoms with van der Waals surface area (Å²) in [5.41, 5.74) is 0.148. The Hall–Kier alpha value is -2.73. The molecule has 1 amide bonds. The quantitative estimate of drug-likeness (QED) is 0.705. The highest BCUT2D eigenvalue weighted by Gasteiger charge is 2.47. The lowest BCUT2D eigenvalue weighted by molar-refractivity contribution is -0.0929. The number of hydrogen-bond donors (Lipinski definition) is 1. The predicted molar refractivity (Wildman–Crippen MR) is 117 cm³/mol. The van der Waals surface area contributed by atoms with Crippen LogP contribution in [0.5, 0.6) is 11.5 Å². The van der Waals surface area contributed by atoms with Crippen molar-refractivity contribution in [1.29, 1.82) is 0 Å². The predicted octanol–water partition coefficient (Wildman–Crippen LogP) is 4.55. The van der Waals surface area contributed by atoms with Crippen LogP contribution in [0.4, 0.5) is 4.79 Å². The second-order valence-electron chi connectivity index (χ2n) is 8.60. The Bertz CT molecular complexity index is 857. The minimum absolute atomic E-state index is 0.0117. The highest BCUT2D eigenvalue weighted by atomic mass is 16.6. The molecule has 6 heteroatoms. The largest absolute Gasteiger partial charge is 0.497 e. The number of piperidine rings is 2. The second-order valence-corrected chi connectivity index (χ2v) is 8.60. The Kier molecular flexibility index (Phi) is 6.66. The van der Waals surface area contributed by atoms with Crippen molar-refractivity contribution in [2.75, 3.05) is 13.7 Å². The fraction of sp³-hybridized carbons (Fsp3) is 0.480. The summed E-state index contributed by atoms with van der Waals surface area (Å²) < 4.78 is 16.7. The monoisotopic (exact) mass is 425 g/mol. The van der Waals surface area contributed by atoms with Gasteiger partial charge in [-0.2, -0.15) is 0 Å². The van der Waals surface area contributed by atoms with Gasteiger partial charge >= 0.3 is 6.09 Å². The molecule has 2 aliphatic rings. The number of fused-ring (bicyclic) bond motifs is 2. The summed E-state index contributed by atoms with van der Waals surface area (Å²) in [5, 5.41) is 11.3. The number of hydrogen-bond acceptors (Lipinski definition) is 5. The number of carbonyl (C=O) groups excluding carboxylic acids is 1. The van der Waals surface area contributed by atoms with Gasteiger partial charge in [0.25, 0.3) is 0 Å². The summed E-state index contributed by atoms with van der Waals surface area (Å²) in [5.74, 6) is 1.47. The van der Waals surface area contributed by atoms with E-state index in [1.807, 2.05) is 59.5 Å². The number of benzene rings is 2. The van der Waals surface area contributed by atoms with E-state index in [1.54, 1.807) is 7.11 Å². The topological polar surface area (TPSA) is 68.2 Å². The van der Waals surface area contributed by atoms with Crippen LogP contribution in [0.15, 0.2) is 54.6 Å². The van der Waals surface area contributed by atoms with Crippen molar-refractivity contribution in [2.24, 2.45) is 0 Å². The van der Waals surface area contributed by atoms with Gasteiger partial charge in [-0.25, -0.2) is 4.79 Å². The number of aliphatic hydroxyl groups is 1. The molecule has 6 nitrogen and oxygen atoms in total. The van der Waals surface area contributed by atoms with E-state index < -0.39 is 5.60 Å². The first kappa shape index (κ1) is 21.5. The standard InChI is InChI=1S/C25H31NO5/c1-29-22-11-6-12-23(15-22)30-14-13-25(28)16-20-9-5-10-21(17-25)26(20)24(27)31-18-19-7-3-2-4-8-19/h2-4,6-8,11-12,15,20-21,28H,5,9-10,13-14,16-18H2,1H3. The maximum atomic E-state index is 12.8. The fourth-order valence-electron chi connectivity index (χ4n) is 4.87. The summed E-state index contributed by atoms with van der Waals surface area (Å²) in [6.07, 6.45) is 4.26. The minimum atomic E-state index is -0.829. The molecular formula is C25H31NO5. The lowest BCUT2D eigenvalue weighted by Crippen LogP contribution is -2.60. The first-order chi connectivity index (χ1) is 15.1. The molecule has 2 heterocycles. The van der Waals surface area contributed by atoms with Gasteiger partial charge < -0.3 is 24.2 Å². The third-order valence-electron chi connectivity index (χ3n) is 6.39. The van der Waals surface area contributed by atoms with E-state index in [0.29, 0.717) is 25.9 Å². The van der Waals surface area contributed by atoms with Gasteiger partial charge in [-0.15, -0.1) is 0 Å². The van der Waals surface area contributed by atoms with Crippen LogP contribution >= 0.6 is 0 Å². The number of methoxy groups -OCH3 is 1. The van der Waals surface area contributed by atoms with E-state index in [0.717, 1.165) is 36.3 Å². The van der Waals surface area contributed by atoms with Gasteiger partial charge in [0.15, 0.2) is 0 Å². The SMILES string of the molecule is COc1cccc(OCCC2(O)CC3CCCC(C2)N3C(=O)OCc2ccccc2)c1. The maximum absolute atomic E-state index is 12.8. The third kappa shape index (κ3) is 5.31. The molecule has 0 aromatic heterocycles. The molecule has 2 aliphatic heterocycles. The number of nitrogens with zero attached hydrogens (tertiary/aromatic N) is 1. The zero-order chi connectivity index (χ0) is 21.7. The van der Waals surface area contributed by atoms with Crippen molar-refractivity contribution in [3.63, 3.8) is 0 Å². The summed E-state index contributed by atoms with van der Waals surface area (Å²) >= 11 is 0. The molecule has 2 atom stereocenters. The van der Waals surface area contributed by atoms with E-state index in [2.05, 4.69) is 0 Å². The zero-order valence-corrected chi connectivity index (χ0v) is 18.0.